The first-order chi connectivity index (χ1) is 12.2. The van der Waals surface area contributed by atoms with Crippen LogP contribution in [0.25, 0.3) is 11.4 Å². The number of amides is 1. The van der Waals surface area contributed by atoms with Crippen molar-refractivity contribution in [3.63, 3.8) is 0 Å². The van der Waals surface area contributed by atoms with Crippen molar-refractivity contribution in [2.24, 2.45) is 7.05 Å². The van der Waals surface area contributed by atoms with Gasteiger partial charge in [-0.15, -0.1) is 0 Å². The van der Waals surface area contributed by atoms with Gasteiger partial charge in [-0.05, 0) is 12.8 Å². The van der Waals surface area contributed by atoms with E-state index in [2.05, 4.69) is 15.1 Å². The second-order valence-corrected chi connectivity index (χ2v) is 6.35. The topological polar surface area (TPSA) is 63.9 Å². The summed E-state index contributed by atoms with van der Waals surface area (Å²) in [6.45, 7) is 0.567. The number of aromatic nitrogens is 4. The van der Waals surface area contributed by atoms with Crippen molar-refractivity contribution in [1.82, 2.24) is 24.6 Å². The second-order valence-electron chi connectivity index (χ2n) is 6.35. The molecule has 0 aliphatic heterocycles. The summed E-state index contributed by atoms with van der Waals surface area (Å²) in [5.41, 5.74) is 2.50. The van der Waals surface area contributed by atoms with Crippen LogP contribution in [0.1, 0.15) is 28.8 Å². The van der Waals surface area contributed by atoms with E-state index in [1.807, 2.05) is 48.5 Å². The van der Waals surface area contributed by atoms with Gasteiger partial charge in [0.1, 0.15) is 0 Å². The average Bonchev–Trinajstić information content (AvgIpc) is 3.42. The number of rotatable bonds is 5. The van der Waals surface area contributed by atoms with Crippen molar-refractivity contribution in [3.05, 3.63) is 66.2 Å². The summed E-state index contributed by atoms with van der Waals surface area (Å²) in [5, 5.41) is 4.18. The van der Waals surface area contributed by atoms with Crippen LogP contribution in [0.5, 0.6) is 0 Å². The lowest BCUT2D eigenvalue weighted by molar-refractivity contribution is 0.0729. The highest BCUT2D eigenvalue weighted by molar-refractivity contribution is 5.94. The molecule has 1 fully saturated rings. The summed E-state index contributed by atoms with van der Waals surface area (Å²) in [7, 11) is 1.88. The largest absolute Gasteiger partial charge is 0.331 e. The molecular formula is C19H19N5O. The molecular weight excluding hydrogens is 314 g/mol. The molecule has 3 aromatic rings. The monoisotopic (exact) mass is 333 g/mol. The third-order valence-corrected chi connectivity index (χ3v) is 4.29. The van der Waals surface area contributed by atoms with Gasteiger partial charge in [0, 0.05) is 49.4 Å². The Bertz CT molecular complexity index is 868. The van der Waals surface area contributed by atoms with Crippen LogP contribution in [0.2, 0.25) is 0 Å². The standard InChI is InChI=1S/C19H19N5O/c1-23-12-14(9-22-23)13-24(17-7-8-17)19(25)16-10-20-18(21-11-16)15-5-3-2-4-6-15/h2-6,9-12,17H,7-8,13H2,1H3. The van der Waals surface area contributed by atoms with Crippen molar-refractivity contribution < 1.29 is 4.79 Å². The van der Waals surface area contributed by atoms with Crippen LogP contribution >= 0.6 is 0 Å². The number of hydrogen-bond acceptors (Lipinski definition) is 4. The molecule has 4 rings (SSSR count). The lowest BCUT2D eigenvalue weighted by atomic mass is 10.2. The first-order valence-corrected chi connectivity index (χ1v) is 8.36. The Kier molecular flexibility index (Phi) is 4.01. The Morgan fingerprint density at radius 1 is 1.16 bits per heavy atom. The van der Waals surface area contributed by atoms with Gasteiger partial charge >= 0.3 is 0 Å². The zero-order chi connectivity index (χ0) is 17.2. The summed E-state index contributed by atoms with van der Waals surface area (Å²) >= 11 is 0. The third-order valence-electron chi connectivity index (χ3n) is 4.29. The minimum Gasteiger partial charge on any atom is -0.331 e. The number of nitrogens with zero attached hydrogens (tertiary/aromatic N) is 5. The maximum absolute atomic E-state index is 12.9. The van der Waals surface area contributed by atoms with E-state index in [9.17, 15) is 4.79 Å². The molecule has 1 aromatic carbocycles. The zero-order valence-electron chi connectivity index (χ0n) is 14.0. The molecule has 25 heavy (non-hydrogen) atoms. The highest BCUT2D eigenvalue weighted by Crippen LogP contribution is 2.29. The average molecular weight is 333 g/mol. The highest BCUT2D eigenvalue weighted by Gasteiger charge is 2.33. The van der Waals surface area contributed by atoms with Crippen molar-refractivity contribution >= 4 is 5.91 Å². The molecule has 2 heterocycles. The van der Waals surface area contributed by atoms with Gasteiger partial charge < -0.3 is 4.90 Å². The van der Waals surface area contributed by atoms with Gasteiger partial charge in [-0.2, -0.15) is 5.10 Å². The van der Waals surface area contributed by atoms with Crippen LogP contribution in [0.4, 0.5) is 0 Å². The third kappa shape index (κ3) is 3.42. The minimum atomic E-state index is -0.0223. The van der Waals surface area contributed by atoms with Gasteiger partial charge in [-0.25, -0.2) is 9.97 Å². The minimum absolute atomic E-state index is 0.0223. The van der Waals surface area contributed by atoms with Crippen LogP contribution < -0.4 is 0 Å². The van der Waals surface area contributed by atoms with Crippen LogP contribution in [-0.2, 0) is 13.6 Å². The summed E-state index contributed by atoms with van der Waals surface area (Å²) in [4.78, 5) is 23.5. The Balaban J connectivity index is 1.54. The molecule has 126 valence electrons. The molecule has 0 bridgehead atoms. The molecule has 6 heteroatoms. The maximum atomic E-state index is 12.9. The van der Waals surface area contributed by atoms with Crippen LogP contribution in [0.3, 0.4) is 0 Å². The molecule has 1 aliphatic carbocycles. The predicted octanol–water partition coefficient (Wildman–Crippen LogP) is 2.68. The van der Waals surface area contributed by atoms with Crippen molar-refractivity contribution in [2.45, 2.75) is 25.4 Å². The summed E-state index contributed by atoms with van der Waals surface area (Å²) in [6.07, 6.45) is 9.09. The lowest BCUT2D eigenvalue weighted by Crippen LogP contribution is -2.32. The molecule has 2 aromatic heterocycles. The second kappa shape index (κ2) is 6.47. The van der Waals surface area contributed by atoms with Gasteiger partial charge in [0.2, 0.25) is 0 Å². The van der Waals surface area contributed by atoms with Gasteiger partial charge in [0.05, 0.1) is 11.8 Å². The molecule has 0 spiro atoms. The smallest absolute Gasteiger partial charge is 0.257 e. The van der Waals surface area contributed by atoms with Crippen LogP contribution in [0, 0.1) is 0 Å². The Morgan fingerprint density at radius 2 is 1.88 bits per heavy atom. The molecule has 0 radical (unpaired) electrons. The number of hydrogen-bond donors (Lipinski definition) is 0. The Hall–Kier alpha value is -3.02. The number of aryl methyl sites for hydroxylation is 1. The summed E-state index contributed by atoms with van der Waals surface area (Å²) in [5.74, 6) is 0.605. The van der Waals surface area contributed by atoms with E-state index in [1.54, 1.807) is 23.3 Å². The summed E-state index contributed by atoms with van der Waals surface area (Å²) < 4.78 is 1.75. The number of carbonyl (C=O) groups is 1. The fourth-order valence-electron chi connectivity index (χ4n) is 2.84. The molecule has 0 saturated heterocycles. The van der Waals surface area contributed by atoms with E-state index >= 15 is 0 Å². The van der Waals surface area contributed by atoms with E-state index in [-0.39, 0.29) is 5.91 Å². The highest BCUT2D eigenvalue weighted by atomic mass is 16.2. The molecule has 1 saturated carbocycles. The first-order valence-electron chi connectivity index (χ1n) is 8.36. The van der Waals surface area contributed by atoms with E-state index in [0.29, 0.717) is 24.0 Å². The molecule has 0 atom stereocenters. The van der Waals surface area contributed by atoms with E-state index < -0.39 is 0 Å². The van der Waals surface area contributed by atoms with E-state index in [1.165, 1.54) is 0 Å². The molecule has 1 aliphatic rings. The number of carbonyl (C=O) groups excluding carboxylic acids is 1. The van der Waals surface area contributed by atoms with Gasteiger partial charge in [-0.3, -0.25) is 9.48 Å². The fraction of sp³-hybridized carbons (Fsp3) is 0.263. The van der Waals surface area contributed by atoms with Gasteiger partial charge in [0.15, 0.2) is 5.82 Å². The van der Waals surface area contributed by atoms with Gasteiger partial charge in [0.25, 0.3) is 5.91 Å². The van der Waals surface area contributed by atoms with Gasteiger partial charge in [-0.1, -0.05) is 30.3 Å². The molecule has 1 amide bonds. The lowest BCUT2D eigenvalue weighted by Gasteiger charge is -2.21. The normalized spacial score (nSPS) is 13.6. The van der Waals surface area contributed by atoms with Crippen LogP contribution in [0.15, 0.2) is 55.1 Å². The van der Waals surface area contributed by atoms with Crippen molar-refractivity contribution in [2.75, 3.05) is 0 Å². The fourth-order valence-corrected chi connectivity index (χ4v) is 2.84. The summed E-state index contributed by atoms with van der Waals surface area (Å²) in [6, 6.07) is 10.1. The quantitative estimate of drug-likeness (QED) is 0.720. The zero-order valence-corrected chi connectivity index (χ0v) is 14.0. The van der Waals surface area contributed by atoms with E-state index in [4.69, 9.17) is 0 Å². The molecule has 0 N–H and O–H groups in total. The van der Waals surface area contributed by atoms with Crippen LogP contribution in [-0.4, -0.2) is 36.6 Å². The molecule has 6 nitrogen and oxygen atoms in total. The maximum Gasteiger partial charge on any atom is 0.257 e. The molecule has 0 unspecified atom stereocenters. The Labute approximate surface area is 146 Å². The van der Waals surface area contributed by atoms with Crippen molar-refractivity contribution in [3.8, 4) is 11.4 Å². The van der Waals surface area contributed by atoms with Crippen molar-refractivity contribution in [1.29, 1.82) is 0 Å². The first kappa shape index (κ1) is 15.5. The van der Waals surface area contributed by atoms with E-state index in [0.717, 1.165) is 24.0 Å². The predicted molar refractivity (Wildman–Crippen MR) is 93.6 cm³/mol. The number of benzene rings is 1. The SMILES string of the molecule is Cn1cc(CN(C(=O)c2cnc(-c3ccccc3)nc2)C2CC2)cn1. The Morgan fingerprint density at radius 3 is 2.48 bits per heavy atom.